The van der Waals surface area contributed by atoms with Crippen molar-refractivity contribution in [1.29, 1.82) is 0 Å². The summed E-state index contributed by atoms with van der Waals surface area (Å²) in [5.41, 5.74) is 2.03. The highest BCUT2D eigenvalue weighted by atomic mass is 16.3. The number of aliphatic hydroxyl groups excluding tert-OH is 1. The highest BCUT2D eigenvalue weighted by Gasteiger charge is 2.19. The first-order valence-electron chi connectivity index (χ1n) is 11.2. The highest BCUT2D eigenvalue weighted by molar-refractivity contribution is 5.93. The summed E-state index contributed by atoms with van der Waals surface area (Å²) >= 11 is 0. The van der Waals surface area contributed by atoms with Crippen molar-refractivity contribution in [1.82, 2.24) is 25.3 Å². The van der Waals surface area contributed by atoms with Crippen molar-refractivity contribution in [3.63, 3.8) is 0 Å². The van der Waals surface area contributed by atoms with Crippen molar-refractivity contribution in [2.75, 3.05) is 41.8 Å². The highest BCUT2D eigenvalue weighted by Crippen LogP contribution is 2.28. The lowest BCUT2D eigenvalue weighted by Gasteiger charge is -2.24. The minimum absolute atomic E-state index is 0.0891. The summed E-state index contributed by atoms with van der Waals surface area (Å²) in [6.45, 7) is 7.90. The number of carbonyl (C=O) groups is 1. The van der Waals surface area contributed by atoms with E-state index in [4.69, 9.17) is 4.98 Å². The molecule has 3 N–H and O–H groups in total. The second-order valence-electron chi connectivity index (χ2n) is 8.45. The maximum atomic E-state index is 12.3. The van der Waals surface area contributed by atoms with Crippen LogP contribution < -0.4 is 20.4 Å². The first kappa shape index (κ1) is 22.8. The lowest BCUT2D eigenvalue weighted by Crippen LogP contribution is -2.32. The lowest BCUT2D eigenvalue weighted by atomic mass is 10.2. The Labute approximate surface area is 193 Å². The van der Waals surface area contributed by atoms with Crippen LogP contribution in [0, 0.1) is 0 Å². The number of anilines is 4. The molecular weight excluding hydrogens is 420 g/mol. The Morgan fingerprint density at radius 2 is 1.97 bits per heavy atom. The third-order valence-electron chi connectivity index (χ3n) is 5.73. The van der Waals surface area contributed by atoms with Crippen molar-refractivity contribution in [3.05, 3.63) is 36.3 Å². The molecule has 4 rings (SSSR count). The molecule has 1 aliphatic rings. The minimum atomic E-state index is -0.693. The fourth-order valence-corrected chi connectivity index (χ4v) is 3.59. The van der Waals surface area contributed by atoms with Gasteiger partial charge in [0.2, 0.25) is 11.9 Å². The number of carbonyl (C=O) groups excluding carboxylic acids is 1. The average Bonchev–Trinajstić information content (AvgIpc) is 3.02. The molecule has 10 nitrogen and oxygen atoms in total. The van der Waals surface area contributed by atoms with Crippen molar-refractivity contribution >= 4 is 40.1 Å². The Hall–Kier alpha value is -3.37. The number of aromatic nitrogens is 4. The Kier molecular flexibility index (Phi) is 6.66. The molecule has 3 aromatic rings. The zero-order chi connectivity index (χ0) is 23.5. The molecule has 1 amide bonds. The number of amides is 1. The summed E-state index contributed by atoms with van der Waals surface area (Å²) in [7, 11) is 1.95. The van der Waals surface area contributed by atoms with Crippen LogP contribution in [0.4, 0.5) is 23.3 Å². The summed E-state index contributed by atoms with van der Waals surface area (Å²) in [4.78, 5) is 34.3. The van der Waals surface area contributed by atoms with Crippen LogP contribution in [0.25, 0.3) is 10.9 Å². The van der Waals surface area contributed by atoms with Crippen LogP contribution >= 0.6 is 0 Å². The number of pyridine rings is 2. The van der Waals surface area contributed by atoms with Gasteiger partial charge in [-0.2, -0.15) is 0 Å². The molecule has 0 radical (unpaired) electrons. The topological polar surface area (TPSA) is 119 Å². The minimum Gasteiger partial charge on any atom is -0.387 e. The molecule has 1 aliphatic heterocycles. The molecule has 0 saturated carbocycles. The lowest BCUT2D eigenvalue weighted by molar-refractivity contribution is -0.118. The van der Waals surface area contributed by atoms with Crippen LogP contribution in [0.5, 0.6) is 0 Å². The van der Waals surface area contributed by atoms with Gasteiger partial charge in [0.1, 0.15) is 11.3 Å². The molecule has 1 fully saturated rings. The van der Waals surface area contributed by atoms with E-state index in [-0.39, 0.29) is 11.9 Å². The Morgan fingerprint density at radius 3 is 2.67 bits per heavy atom. The van der Waals surface area contributed by atoms with Gasteiger partial charge in [0.25, 0.3) is 0 Å². The zero-order valence-corrected chi connectivity index (χ0v) is 19.4. The van der Waals surface area contributed by atoms with E-state index in [9.17, 15) is 9.90 Å². The number of fused-ring (bicyclic) bond motifs is 1. The third kappa shape index (κ3) is 5.01. The first-order chi connectivity index (χ1) is 15.8. The summed E-state index contributed by atoms with van der Waals surface area (Å²) in [6.07, 6.45) is 3.18. The number of hydrogen-bond donors (Lipinski definition) is 3. The number of hydrogen-bond acceptors (Lipinski definition) is 9. The normalized spacial score (nSPS) is 15.6. The molecule has 0 spiro atoms. The maximum absolute atomic E-state index is 12.3. The van der Waals surface area contributed by atoms with Gasteiger partial charge in [-0.05, 0) is 39.0 Å². The van der Waals surface area contributed by atoms with Gasteiger partial charge in [0, 0.05) is 50.7 Å². The molecule has 0 bridgehead atoms. The quantitative estimate of drug-likeness (QED) is 0.520. The number of nitrogens with one attached hydrogen (secondary N) is 2. The van der Waals surface area contributed by atoms with Gasteiger partial charge in [0.15, 0.2) is 5.82 Å². The number of rotatable bonds is 6. The summed E-state index contributed by atoms with van der Waals surface area (Å²) in [5, 5.41) is 17.2. The monoisotopic (exact) mass is 450 g/mol. The molecule has 1 saturated heterocycles. The van der Waals surface area contributed by atoms with Crippen molar-refractivity contribution in [2.45, 2.75) is 39.3 Å². The van der Waals surface area contributed by atoms with Crippen LogP contribution in [-0.4, -0.2) is 63.7 Å². The molecule has 33 heavy (non-hydrogen) atoms. The predicted molar refractivity (Wildman–Crippen MR) is 129 cm³/mol. The summed E-state index contributed by atoms with van der Waals surface area (Å²) in [5.74, 6) is 1.74. The molecule has 0 aliphatic carbocycles. The van der Waals surface area contributed by atoms with E-state index >= 15 is 0 Å². The van der Waals surface area contributed by atoms with Crippen LogP contribution in [0.3, 0.4) is 0 Å². The molecule has 174 valence electrons. The Morgan fingerprint density at radius 1 is 1.15 bits per heavy atom. The van der Waals surface area contributed by atoms with E-state index in [0.717, 1.165) is 17.6 Å². The van der Waals surface area contributed by atoms with E-state index in [1.807, 2.05) is 30.1 Å². The molecule has 10 heteroatoms. The standard InChI is InChI=1S/C23H30N8O2/c1-14(2)30(4)22-21-16(11-18(27-22)15(3)32)12-26-23(29-21)28-19-6-5-17(13-25-19)31-10-9-24-8-7-20(31)33/h5-6,11-15,24,32H,7-10H2,1-4H3,(H,25,26,28,29)/t15-/m1/s1. The number of aliphatic hydroxyl groups is 1. The molecule has 0 unspecified atom stereocenters. The van der Waals surface area contributed by atoms with Gasteiger partial charge in [-0.1, -0.05) is 0 Å². The van der Waals surface area contributed by atoms with Gasteiger partial charge in [-0.3, -0.25) is 4.79 Å². The van der Waals surface area contributed by atoms with Gasteiger partial charge >= 0.3 is 0 Å². The van der Waals surface area contributed by atoms with Crippen molar-refractivity contribution < 1.29 is 9.90 Å². The molecule has 1 atom stereocenters. The van der Waals surface area contributed by atoms with E-state index in [0.29, 0.717) is 48.3 Å². The molecule has 0 aromatic carbocycles. The second-order valence-corrected chi connectivity index (χ2v) is 8.45. The van der Waals surface area contributed by atoms with Crippen molar-refractivity contribution in [2.24, 2.45) is 0 Å². The smallest absolute Gasteiger partial charge is 0.229 e. The largest absolute Gasteiger partial charge is 0.387 e. The molecular formula is C23H30N8O2. The summed E-state index contributed by atoms with van der Waals surface area (Å²) < 4.78 is 0. The second kappa shape index (κ2) is 9.63. The predicted octanol–water partition coefficient (Wildman–Crippen LogP) is 2.39. The fourth-order valence-electron chi connectivity index (χ4n) is 3.59. The van der Waals surface area contributed by atoms with Crippen LogP contribution in [0.2, 0.25) is 0 Å². The van der Waals surface area contributed by atoms with Crippen LogP contribution in [-0.2, 0) is 4.79 Å². The zero-order valence-electron chi connectivity index (χ0n) is 19.4. The van der Waals surface area contributed by atoms with Gasteiger partial charge in [0.05, 0.1) is 23.7 Å². The van der Waals surface area contributed by atoms with Gasteiger partial charge in [-0.25, -0.2) is 19.9 Å². The van der Waals surface area contributed by atoms with Crippen molar-refractivity contribution in [3.8, 4) is 0 Å². The van der Waals surface area contributed by atoms with E-state index in [1.54, 1.807) is 24.2 Å². The number of nitrogens with zero attached hydrogens (tertiary/aromatic N) is 6. The van der Waals surface area contributed by atoms with Crippen LogP contribution in [0.1, 0.15) is 39.0 Å². The molecule has 4 heterocycles. The Bertz CT molecular complexity index is 1130. The SMILES string of the molecule is CC(C)N(C)c1nc([C@@H](C)O)cc2cnc(Nc3ccc(N4CCNCCC4=O)cn3)nc12. The maximum Gasteiger partial charge on any atom is 0.229 e. The van der Waals surface area contributed by atoms with E-state index in [1.165, 1.54) is 0 Å². The summed E-state index contributed by atoms with van der Waals surface area (Å²) in [6, 6.07) is 5.68. The van der Waals surface area contributed by atoms with Gasteiger partial charge < -0.3 is 25.5 Å². The first-order valence-corrected chi connectivity index (χ1v) is 11.2. The fraction of sp³-hybridized carbons (Fsp3) is 0.435. The molecule has 3 aromatic heterocycles. The van der Waals surface area contributed by atoms with E-state index < -0.39 is 6.10 Å². The Balaban J connectivity index is 1.61. The van der Waals surface area contributed by atoms with Gasteiger partial charge in [-0.15, -0.1) is 0 Å². The average molecular weight is 451 g/mol. The van der Waals surface area contributed by atoms with Crippen LogP contribution in [0.15, 0.2) is 30.6 Å². The van der Waals surface area contributed by atoms with E-state index in [2.05, 4.69) is 39.4 Å². The third-order valence-corrected chi connectivity index (χ3v) is 5.73.